The minimum Gasteiger partial charge on any atom is -0.372 e. The molecule has 0 fully saturated rings. The van der Waals surface area contributed by atoms with Gasteiger partial charge >= 0.3 is 0 Å². The maximum Gasteiger partial charge on any atom is 0.222 e. The van der Waals surface area contributed by atoms with E-state index < -0.39 is 0 Å². The van der Waals surface area contributed by atoms with Gasteiger partial charge in [0.2, 0.25) is 5.65 Å². The van der Waals surface area contributed by atoms with Gasteiger partial charge in [-0.3, -0.25) is 0 Å². The molecule has 0 saturated carbocycles. The minimum atomic E-state index is 0.126. The molecule has 2 aromatic heterocycles. The number of nitrogens with one attached hydrogen (secondary N) is 1. The molecule has 0 bridgehead atoms. The third-order valence-corrected chi connectivity index (χ3v) is 4.35. The van der Waals surface area contributed by atoms with Gasteiger partial charge in [-0.25, -0.2) is 4.98 Å². The second kappa shape index (κ2) is 7.97. The van der Waals surface area contributed by atoms with Crippen molar-refractivity contribution in [1.29, 1.82) is 0 Å². The molecule has 28 heavy (non-hydrogen) atoms. The molecule has 0 aliphatic heterocycles. The first kappa shape index (κ1) is 17.8. The highest BCUT2D eigenvalue weighted by Crippen LogP contribution is 2.24. The molecular formula is C19H19N7O2. The zero-order chi connectivity index (χ0) is 19.3. The number of hydrogen-bond donors (Lipinski definition) is 1. The summed E-state index contributed by atoms with van der Waals surface area (Å²) >= 11 is 0. The highest BCUT2D eigenvalue weighted by Gasteiger charge is 2.11. The van der Waals surface area contributed by atoms with E-state index in [9.17, 15) is 4.79 Å². The van der Waals surface area contributed by atoms with Crippen LogP contribution in [0.2, 0.25) is 0 Å². The average molecular weight is 377 g/mol. The second-order valence-electron chi connectivity index (χ2n) is 6.20. The number of likely N-dealkylation sites (N-methyl/N-ethyl adjacent to an activating group) is 1. The molecule has 4 aromatic rings. The number of tetrazole rings is 1. The Bertz CT molecular complexity index is 1090. The van der Waals surface area contributed by atoms with Crippen molar-refractivity contribution in [2.24, 2.45) is 0 Å². The summed E-state index contributed by atoms with van der Waals surface area (Å²) < 4.78 is 6.87. The summed E-state index contributed by atoms with van der Waals surface area (Å²) in [4.78, 5) is 17.0. The lowest BCUT2D eigenvalue weighted by atomic mass is 10.2. The number of anilines is 3. The third kappa shape index (κ3) is 3.60. The molecule has 2 aromatic carbocycles. The van der Waals surface area contributed by atoms with E-state index in [0.29, 0.717) is 24.6 Å². The molecule has 9 heteroatoms. The van der Waals surface area contributed by atoms with Crippen LogP contribution in [0.25, 0.3) is 16.7 Å². The number of carbonyl (C=O) groups excluding carboxylic acids is 1. The van der Waals surface area contributed by atoms with E-state index in [-0.39, 0.29) is 6.61 Å². The van der Waals surface area contributed by atoms with Crippen molar-refractivity contribution >= 4 is 40.2 Å². The van der Waals surface area contributed by atoms with Gasteiger partial charge in [0, 0.05) is 25.0 Å². The summed E-state index contributed by atoms with van der Waals surface area (Å²) in [7, 11) is 1.98. The molecule has 2 heterocycles. The summed E-state index contributed by atoms with van der Waals surface area (Å²) in [5, 5.41) is 15.2. The number of ether oxygens (including phenoxy) is 1. The van der Waals surface area contributed by atoms with Gasteiger partial charge in [0.15, 0.2) is 5.82 Å². The van der Waals surface area contributed by atoms with Gasteiger partial charge in [0.25, 0.3) is 0 Å². The number of carbonyl (C=O) groups is 1. The van der Waals surface area contributed by atoms with E-state index in [4.69, 9.17) is 4.74 Å². The molecule has 0 aliphatic carbocycles. The largest absolute Gasteiger partial charge is 0.372 e. The van der Waals surface area contributed by atoms with Crippen LogP contribution in [0.4, 0.5) is 17.2 Å². The van der Waals surface area contributed by atoms with Crippen LogP contribution >= 0.6 is 0 Å². The first-order chi connectivity index (χ1) is 13.8. The topological polar surface area (TPSA) is 97.5 Å². The monoisotopic (exact) mass is 377 g/mol. The predicted octanol–water partition coefficient (Wildman–Crippen LogP) is 2.07. The van der Waals surface area contributed by atoms with Gasteiger partial charge in [-0.1, -0.05) is 12.1 Å². The molecular weight excluding hydrogens is 358 g/mol. The van der Waals surface area contributed by atoms with Gasteiger partial charge in [-0.2, -0.15) is 4.52 Å². The fourth-order valence-electron chi connectivity index (χ4n) is 2.89. The van der Waals surface area contributed by atoms with E-state index in [0.717, 1.165) is 28.7 Å². The molecule has 1 N–H and O–H groups in total. The molecule has 0 atom stereocenters. The number of fused-ring (bicyclic) bond motifs is 3. The second-order valence-corrected chi connectivity index (χ2v) is 6.20. The predicted molar refractivity (Wildman–Crippen MR) is 106 cm³/mol. The van der Waals surface area contributed by atoms with Gasteiger partial charge in [-0.15, -0.1) is 5.10 Å². The Balaban J connectivity index is 1.53. The smallest absolute Gasteiger partial charge is 0.222 e. The van der Waals surface area contributed by atoms with Crippen molar-refractivity contribution in [1.82, 2.24) is 25.0 Å². The number of rotatable bonds is 8. The Hall–Kier alpha value is -3.59. The van der Waals surface area contributed by atoms with Crippen LogP contribution in [-0.4, -0.2) is 58.1 Å². The Kier molecular flexibility index (Phi) is 5.07. The zero-order valence-electron chi connectivity index (χ0n) is 15.3. The van der Waals surface area contributed by atoms with Crippen LogP contribution in [0, 0.1) is 0 Å². The fourth-order valence-corrected chi connectivity index (χ4v) is 2.89. The van der Waals surface area contributed by atoms with Crippen LogP contribution in [-0.2, 0) is 9.53 Å². The maximum atomic E-state index is 10.3. The highest BCUT2D eigenvalue weighted by molar-refractivity contribution is 5.83. The van der Waals surface area contributed by atoms with E-state index in [1.807, 2.05) is 55.6 Å². The first-order valence-corrected chi connectivity index (χ1v) is 8.83. The molecule has 0 amide bonds. The van der Waals surface area contributed by atoms with Crippen molar-refractivity contribution in [3.05, 3.63) is 48.5 Å². The van der Waals surface area contributed by atoms with Crippen LogP contribution in [0.15, 0.2) is 48.5 Å². The van der Waals surface area contributed by atoms with Gasteiger partial charge in [0.1, 0.15) is 12.9 Å². The summed E-state index contributed by atoms with van der Waals surface area (Å²) in [6.07, 6.45) is 0.753. The average Bonchev–Trinajstić information content (AvgIpc) is 3.22. The molecule has 0 unspecified atom stereocenters. The van der Waals surface area contributed by atoms with Crippen LogP contribution < -0.4 is 10.2 Å². The van der Waals surface area contributed by atoms with E-state index in [1.165, 1.54) is 0 Å². The van der Waals surface area contributed by atoms with Crippen molar-refractivity contribution in [2.75, 3.05) is 37.0 Å². The van der Waals surface area contributed by atoms with Crippen LogP contribution in [0.3, 0.4) is 0 Å². The molecule has 0 aliphatic rings. The number of benzene rings is 2. The summed E-state index contributed by atoms with van der Waals surface area (Å²) in [6, 6.07) is 15.6. The normalized spacial score (nSPS) is 11.0. The number of nitrogens with zero attached hydrogens (tertiary/aromatic N) is 6. The van der Waals surface area contributed by atoms with Crippen molar-refractivity contribution in [3.8, 4) is 0 Å². The fraction of sp³-hybridized carbons (Fsp3) is 0.211. The number of hydrogen-bond acceptors (Lipinski definition) is 8. The first-order valence-electron chi connectivity index (χ1n) is 8.83. The molecule has 0 saturated heterocycles. The lowest BCUT2D eigenvalue weighted by molar-refractivity contribution is -0.111. The number of aldehydes is 1. The third-order valence-electron chi connectivity index (χ3n) is 4.35. The van der Waals surface area contributed by atoms with Crippen molar-refractivity contribution < 1.29 is 9.53 Å². The van der Waals surface area contributed by atoms with Gasteiger partial charge < -0.3 is 19.7 Å². The highest BCUT2D eigenvalue weighted by atomic mass is 16.5. The summed E-state index contributed by atoms with van der Waals surface area (Å²) in [5.41, 5.74) is 4.13. The molecule has 0 radical (unpaired) electrons. The molecule has 9 nitrogen and oxygen atoms in total. The van der Waals surface area contributed by atoms with Gasteiger partial charge in [0.05, 0.1) is 17.6 Å². The van der Waals surface area contributed by atoms with Gasteiger partial charge in [-0.05, 0) is 46.8 Å². The Morgan fingerprint density at radius 3 is 2.82 bits per heavy atom. The van der Waals surface area contributed by atoms with Crippen molar-refractivity contribution in [3.63, 3.8) is 0 Å². The SMILES string of the molecule is CN(CCOCC=O)c1ccc(Nc2nc3ccccc3n3nnnc23)cc1. The Morgan fingerprint density at radius 1 is 1.18 bits per heavy atom. The van der Waals surface area contributed by atoms with Crippen LogP contribution in [0.1, 0.15) is 0 Å². The molecule has 142 valence electrons. The van der Waals surface area contributed by atoms with E-state index in [1.54, 1.807) is 4.52 Å². The van der Waals surface area contributed by atoms with Crippen molar-refractivity contribution in [2.45, 2.75) is 0 Å². The number of aromatic nitrogens is 5. The van der Waals surface area contributed by atoms with E-state index in [2.05, 4.69) is 30.7 Å². The lowest BCUT2D eigenvalue weighted by Gasteiger charge is -2.19. The summed E-state index contributed by atoms with van der Waals surface area (Å²) in [6.45, 7) is 1.31. The van der Waals surface area contributed by atoms with E-state index >= 15 is 0 Å². The standard InChI is InChI=1S/C19H19N7O2/c1-25(10-12-28-13-11-27)15-8-6-14(7-9-15)20-18-19-22-23-24-26(19)17-5-3-2-4-16(17)21-18/h2-9,11H,10,12-13H2,1H3,(H,20,21). The minimum absolute atomic E-state index is 0.126. The Labute approximate surface area is 160 Å². The molecule has 4 rings (SSSR count). The maximum absolute atomic E-state index is 10.3. The quantitative estimate of drug-likeness (QED) is 0.368. The number of para-hydroxylation sites is 2. The molecule has 0 spiro atoms. The van der Waals surface area contributed by atoms with Crippen LogP contribution in [0.5, 0.6) is 0 Å². The lowest BCUT2D eigenvalue weighted by Crippen LogP contribution is -2.22. The Morgan fingerprint density at radius 2 is 2.00 bits per heavy atom. The summed E-state index contributed by atoms with van der Waals surface area (Å²) in [5.74, 6) is 0.590. The zero-order valence-corrected chi connectivity index (χ0v) is 15.3.